The molecule has 2 aromatic carbocycles. The molecule has 3 heteroatoms. The fraction of sp³-hybridized carbons (Fsp3) is 0.0667. The summed E-state index contributed by atoms with van der Waals surface area (Å²) in [6.07, 6.45) is 0. The Balaban J connectivity index is 1.98. The first-order chi connectivity index (χ1) is 8.65. The molecule has 0 heterocycles. The molecule has 0 aromatic heterocycles. The van der Waals surface area contributed by atoms with E-state index in [4.69, 9.17) is 11.6 Å². The SMILES string of the molecule is [CH2]c1ccc(C(=O)NCc2cccc(Cl)c2)cc1. The fourth-order valence-electron chi connectivity index (χ4n) is 1.59. The lowest BCUT2D eigenvalue weighted by Gasteiger charge is -2.06. The fourth-order valence-corrected chi connectivity index (χ4v) is 1.80. The van der Waals surface area contributed by atoms with Crippen LogP contribution in [0.1, 0.15) is 21.5 Å². The Kier molecular flexibility index (Phi) is 4.00. The normalized spacial score (nSPS) is 10.1. The summed E-state index contributed by atoms with van der Waals surface area (Å²) in [7, 11) is 0. The van der Waals surface area contributed by atoms with Crippen LogP contribution in [0, 0.1) is 6.92 Å². The van der Waals surface area contributed by atoms with Crippen molar-refractivity contribution in [2.75, 3.05) is 0 Å². The summed E-state index contributed by atoms with van der Waals surface area (Å²) in [5.74, 6) is -0.102. The molecular formula is C15H13ClNO. The number of carbonyl (C=O) groups is 1. The predicted octanol–water partition coefficient (Wildman–Crippen LogP) is 3.45. The van der Waals surface area contributed by atoms with Crippen molar-refractivity contribution in [2.24, 2.45) is 0 Å². The maximum atomic E-state index is 11.8. The van der Waals surface area contributed by atoms with E-state index >= 15 is 0 Å². The average Bonchev–Trinajstić information content (AvgIpc) is 2.37. The Morgan fingerprint density at radius 1 is 1.17 bits per heavy atom. The summed E-state index contributed by atoms with van der Waals surface area (Å²) in [6.45, 7) is 4.24. The van der Waals surface area contributed by atoms with Crippen LogP contribution in [0.2, 0.25) is 5.02 Å². The van der Waals surface area contributed by atoms with Gasteiger partial charge in [0.25, 0.3) is 5.91 Å². The van der Waals surface area contributed by atoms with Crippen molar-refractivity contribution in [3.63, 3.8) is 0 Å². The number of hydrogen-bond donors (Lipinski definition) is 1. The molecule has 18 heavy (non-hydrogen) atoms. The summed E-state index contributed by atoms with van der Waals surface area (Å²) in [6, 6.07) is 14.6. The van der Waals surface area contributed by atoms with E-state index in [0.29, 0.717) is 17.1 Å². The summed E-state index contributed by atoms with van der Waals surface area (Å²) in [5.41, 5.74) is 2.50. The first kappa shape index (κ1) is 12.7. The van der Waals surface area contributed by atoms with Crippen LogP contribution in [-0.4, -0.2) is 5.91 Å². The summed E-state index contributed by atoms with van der Waals surface area (Å²) in [4.78, 5) is 11.8. The second-order valence-corrected chi connectivity index (χ2v) is 4.45. The minimum Gasteiger partial charge on any atom is -0.348 e. The van der Waals surface area contributed by atoms with Gasteiger partial charge in [-0.3, -0.25) is 4.79 Å². The third-order valence-electron chi connectivity index (χ3n) is 2.56. The molecule has 0 saturated heterocycles. The van der Waals surface area contributed by atoms with Crippen LogP contribution in [0.5, 0.6) is 0 Å². The summed E-state index contributed by atoms with van der Waals surface area (Å²) in [5, 5.41) is 3.51. The van der Waals surface area contributed by atoms with Crippen molar-refractivity contribution < 1.29 is 4.79 Å². The topological polar surface area (TPSA) is 29.1 Å². The molecule has 0 atom stereocenters. The highest BCUT2D eigenvalue weighted by Crippen LogP contribution is 2.10. The molecule has 0 bridgehead atoms. The Hall–Kier alpha value is -1.80. The van der Waals surface area contributed by atoms with Crippen LogP contribution < -0.4 is 5.32 Å². The van der Waals surface area contributed by atoms with Gasteiger partial charge in [-0.15, -0.1) is 0 Å². The molecule has 91 valence electrons. The highest BCUT2D eigenvalue weighted by atomic mass is 35.5. The standard InChI is InChI=1S/C15H13ClNO/c1-11-5-7-13(8-6-11)15(18)17-10-12-3-2-4-14(16)9-12/h2-9H,1,10H2,(H,17,18). The van der Waals surface area contributed by atoms with E-state index in [1.54, 1.807) is 18.2 Å². The lowest BCUT2D eigenvalue weighted by molar-refractivity contribution is 0.0951. The largest absolute Gasteiger partial charge is 0.348 e. The number of hydrogen-bond acceptors (Lipinski definition) is 1. The molecule has 1 N–H and O–H groups in total. The van der Waals surface area contributed by atoms with Gasteiger partial charge < -0.3 is 5.32 Å². The Morgan fingerprint density at radius 2 is 1.89 bits per heavy atom. The van der Waals surface area contributed by atoms with Gasteiger partial charge in [-0.2, -0.15) is 0 Å². The van der Waals surface area contributed by atoms with Crippen molar-refractivity contribution in [1.29, 1.82) is 0 Å². The van der Waals surface area contributed by atoms with Gasteiger partial charge in [0.05, 0.1) is 0 Å². The van der Waals surface area contributed by atoms with E-state index in [0.717, 1.165) is 11.1 Å². The number of halogens is 1. The predicted molar refractivity (Wildman–Crippen MR) is 73.5 cm³/mol. The van der Waals surface area contributed by atoms with Crippen LogP contribution in [-0.2, 0) is 6.54 Å². The van der Waals surface area contributed by atoms with Crippen molar-refractivity contribution >= 4 is 17.5 Å². The smallest absolute Gasteiger partial charge is 0.251 e. The van der Waals surface area contributed by atoms with Crippen LogP contribution in [0.4, 0.5) is 0 Å². The van der Waals surface area contributed by atoms with Crippen molar-refractivity contribution in [3.8, 4) is 0 Å². The molecule has 0 aliphatic rings. The Bertz CT molecular complexity index is 549. The highest BCUT2D eigenvalue weighted by Gasteiger charge is 2.04. The molecule has 0 saturated carbocycles. The zero-order valence-electron chi connectivity index (χ0n) is 9.82. The maximum Gasteiger partial charge on any atom is 0.251 e. The van der Waals surface area contributed by atoms with Crippen LogP contribution in [0.25, 0.3) is 0 Å². The quantitative estimate of drug-likeness (QED) is 0.898. The van der Waals surface area contributed by atoms with Crippen LogP contribution in [0.3, 0.4) is 0 Å². The maximum absolute atomic E-state index is 11.8. The van der Waals surface area contributed by atoms with Gasteiger partial charge in [0.2, 0.25) is 0 Å². The van der Waals surface area contributed by atoms with Gasteiger partial charge in [0.15, 0.2) is 0 Å². The summed E-state index contributed by atoms with van der Waals surface area (Å²) < 4.78 is 0. The van der Waals surface area contributed by atoms with E-state index in [9.17, 15) is 4.79 Å². The lowest BCUT2D eigenvalue weighted by atomic mass is 10.1. The van der Waals surface area contributed by atoms with Gasteiger partial charge in [0, 0.05) is 17.1 Å². The van der Waals surface area contributed by atoms with Crippen molar-refractivity contribution in [3.05, 3.63) is 77.2 Å². The van der Waals surface area contributed by atoms with Gasteiger partial charge in [-0.05, 0) is 42.3 Å². The van der Waals surface area contributed by atoms with E-state index < -0.39 is 0 Å². The van der Waals surface area contributed by atoms with E-state index in [-0.39, 0.29) is 5.91 Å². The van der Waals surface area contributed by atoms with Crippen LogP contribution in [0.15, 0.2) is 48.5 Å². The molecule has 1 amide bonds. The molecule has 2 rings (SSSR count). The van der Waals surface area contributed by atoms with E-state index in [1.165, 1.54) is 0 Å². The number of rotatable bonds is 3. The molecular weight excluding hydrogens is 246 g/mol. The number of amides is 1. The minimum atomic E-state index is -0.102. The van der Waals surface area contributed by atoms with Gasteiger partial charge in [-0.1, -0.05) is 35.9 Å². The van der Waals surface area contributed by atoms with Gasteiger partial charge in [0.1, 0.15) is 0 Å². The number of carbonyl (C=O) groups excluding carboxylic acids is 1. The molecule has 0 aliphatic carbocycles. The highest BCUT2D eigenvalue weighted by molar-refractivity contribution is 6.30. The van der Waals surface area contributed by atoms with E-state index in [1.807, 2.05) is 30.3 Å². The summed E-state index contributed by atoms with van der Waals surface area (Å²) >= 11 is 5.87. The number of nitrogens with one attached hydrogen (secondary N) is 1. The third kappa shape index (κ3) is 3.34. The zero-order chi connectivity index (χ0) is 13.0. The first-order valence-corrected chi connectivity index (χ1v) is 5.97. The third-order valence-corrected chi connectivity index (χ3v) is 2.79. The minimum absolute atomic E-state index is 0.102. The molecule has 0 spiro atoms. The molecule has 1 radical (unpaired) electrons. The molecule has 2 aromatic rings. The Morgan fingerprint density at radius 3 is 2.56 bits per heavy atom. The van der Waals surface area contributed by atoms with Crippen molar-refractivity contribution in [2.45, 2.75) is 6.54 Å². The molecule has 0 unspecified atom stereocenters. The Labute approximate surface area is 112 Å². The molecule has 2 nitrogen and oxygen atoms in total. The average molecular weight is 259 g/mol. The molecule has 0 aliphatic heterocycles. The second kappa shape index (κ2) is 5.69. The van der Waals surface area contributed by atoms with Crippen LogP contribution >= 0.6 is 11.6 Å². The van der Waals surface area contributed by atoms with Crippen molar-refractivity contribution in [1.82, 2.24) is 5.32 Å². The monoisotopic (exact) mass is 258 g/mol. The van der Waals surface area contributed by atoms with Gasteiger partial charge >= 0.3 is 0 Å². The molecule has 0 fully saturated rings. The van der Waals surface area contributed by atoms with Gasteiger partial charge in [-0.25, -0.2) is 0 Å². The van der Waals surface area contributed by atoms with E-state index in [2.05, 4.69) is 12.2 Å². The number of benzene rings is 2. The second-order valence-electron chi connectivity index (χ2n) is 4.01. The first-order valence-electron chi connectivity index (χ1n) is 5.60. The lowest BCUT2D eigenvalue weighted by Crippen LogP contribution is -2.22. The zero-order valence-corrected chi connectivity index (χ0v) is 10.6.